The minimum Gasteiger partial charge on any atom is -0.375 e. The largest absolute Gasteiger partial charge is 0.375 e. The Hall–Kier alpha value is -2.40. The number of nitrogens with zero attached hydrogens (tertiary/aromatic N) is 1. The van der Waals surface area contributed by atoms with E-state index in [4.69, 9.17) is 0 Å². The fourth-order valence-corrected chi connectivity index (χ4v) is 4.34. The predicted molar refractivity (Wildman–Crippen MR) is 125 cm³/mol. The normalized spacial score (nSPS) is 20.0. The Labute approximate surface area is 182 Å². The van der Waals surface area contributed by atoms with Gasteiger partial charge in [-0.1, -0.05) is 63.3 Å². The van der Waals surface area contributed by atoms with E-state index in [1.807, 2.05) is 25.6 Å². The van der Waals surface area contributed by atoms with Crippen molar-refractivity contribution in [1.82, 2.24) is 5.32 Å². The van der Waals surface area contributed by atoms with Gasteiger partial charge in [0, 0.05) is 11.9 Å². The summed E-state index contributed by atoms with van der Waals surface area (Å²) in [5.74, 6) is -0.0174. The third-order valence-corrected chi connectivity index (χ3v) is 6.03. The molecule has 0 amide bonds. The Morgan fingerprint density at radius 1 is 1.07 bits per heavy atom. The summed E-state index contributed by atoms with van der Waals surface area (Å²) in [5, 5.41) is 3.73. The van der Waals surface area contributed by atoms with E-state index in [2.05, 4.69) is 59.9 Å². The van der Waals surface area contributed by atoms with Crippen LogP contribution in [-0.4, -0.2) is 16.8 Å². The van der Waals surface area contributed by atoms with Crippen molar-refractivity contribution in [2.45, 2.75) is 45.0 Å². The second-order valence-electron chi connectivity index (χ2n) is 6.85. The van der Waals surface area contributed by atoms with E-state index in [0.717, 1.165) is 28.9 Å². The van der Waals surface area contributed by atoms with E-state index < -0.39 is 11.6 Å². The molecule has 2 unspecified atom stereocenters. The van der Waals surface area contributed by atoms with Gasteiger partial charge in [-0.25, -0.2) is 8.78 Å². The zero-order valence-electron chi connectivity index (χ0n) is 17.7. The lowest BCUT2D eigenvalue weighted by molar-refractivity contribution is 0.578. The van der Waals surface area contributed by atoms with Crippen molar-refractivity contribution in [2.24, 2.45) is 4.99 Å². The van der Waals surface area contributed by atoms with Gasteiger partial charge in [-0.05, 0) is 47.4 Å². The van der Waals surface area contributed by atoms with E-state index in [0.29, 0.717) is 17.5 Å². The average molecular weight is 427 g/mol. The second-order valence-corrected chi connectivity index (χ2v) is 8.27. The van der Waals surface area contributed by atoms with Gasteiger partial charge in [0.2, 0.25) is 0 Å². The highest BCUT2D eigenvalue weighted by atomic mass is 32.2. The summed E-state index contributed by atoms with van der Waals surface area (Å²) >= 11 is 1.86. The van der Waals surface area contributed by atoms with Crippen LogP contribution in [-0.2, 0) is 0 Å². The van der Waals surface area contributed by atoms with Crippen molar-refractivity contribution in [3.8, 4) is 0 Å². The molecule has 2 atom stereocenters. The highest BCUT2D eigenvalue weighted by Gasteiger charge is 2.24. The molecule has 30 heavy (non-hydrogen) atoms. The van der Waals surface area contributed by atoms with Crippen molar-refractivity contribution in [3.05, 3.63) is 89.1 Å². The van der Waals surface area contributed by atoms with Gasteiger partial charge in [-0.15, -0.1) is 11.8 Å². The van der Waals surface area contributed by atoms with Gasteiger partial charge in [0.15, 0.2) is 0 Å². The molecule has 0 radical (unpaired) electrons. The Balaban J connectivity index is 0.00000124. The Morgan fingerprint density at radius 3 is 2.37 bits per heavy atom. The molecular weight excluding hydrogens is 398 g/mol. The first kappa shape index (κ1) is 22.3. The molecule has 0 fully saturated rings. The zero-order valence-corrected chi connectivity index (χ0v) is 18.5. The van der Waals surface area contributed by atoms with Crippen LogP contribution in [0.3, 0.4) is 0 Å². The van der Waals surface area contributed by atoms with E-state index in [1.165, 1.54) is 18.2 Å². The average Bonchev–Trinajstić information content (AvgIpc) is 3.26. The highest BCUT2D eigenvalue weighted by Crippen LogP contribution is 2.33. The number of dihydropyridines is 1. The number of hydrogen-bond acceptors (Lipinski definition) is 3. The van der Waals surface area contributed by atoms with Gasteiger partial charge in [0.1, 0.15) is 11.6 Å². The van der Waals surface area contributed by atoms with E-state index in [1.54, 1.807) is 0 Å². The number of nitrogens with one attached hydrogen (secondary N) is 1. The topological polar surface area (TPSA) is 24.4 Å². The molecule has 5 heteroatoms. The van der Waals surface area contributed by atoms with Crippen molar-refractivity contribution in [3.63, 3.8) is 0 Å². The van der Waals surface area contributed by atoms with Crippen LogP contribution in [0.25, 0.3) is 5.57 Å². The molecule has 0 aromatic heterocycles. The molecule has 0 saturated carbocycles. The van der Waals surface area contributed by atoms with Crippen molar-refractivity contribution < 1.29 is 8.78 Å². The van der Waals surface area contributed by atoms with Gasteiger partial charge in [-0.2, -0.15) is 0 Å². The van der Waals surface area contributed by atoms with Crippen LogP contribution < -0.4 is 5.32 Å². The minimum atomic E-state index is -0.544. The van der Waals surface area contributed by atoms with Crippen molar-refractivity contribution >= 4 is 23.0 Å². The molecule has 0 saturated heterocycles. The van der Waals surface area contributed by atoms with Crippen LogP contribution in [0.1, 0.15) is 56.3 Å². The fraction of sp³-hybridized carbons (Fsp3) is 0.320. The molecule has 0 spiro atoms. The maximum Gasteiger partial charge on any atom is 0.135 e. The number of hydrogen-bond donors (Lipinski definition) is 1. The maximum absolute atomic E-state index is 14.0. The molecule has 4 rings (SSSR count). The summed E-state index contributed by atoms with van der Waals surface area (Å²) in [4.78, 5) is 4.62. The van der Waals surface area contributed by atoms with Gasteiger partial charge in [-0.3, -0.25) is 4.99 Å². The van der Waals surface area contributed by atoms with Crippen LogP contribution in [0.4, 0.5) is 8.78 Å². The number of allylic oxidation sites excluding steroid dienone is 2. The summed E-state index contributed by atoms with van der Waals surface area (Å²) in [5.41, 5.74) is 3.89. The van der Waals surface area contributed by atoms with Crippen LogP contribution in [0.2, 0.25) is 0 Å². The Morgan fingerprint density at radius 2 is 1.77 bits per heavy atom. The zero-order chi connectivity index (χ0) is 21.5. The number of rotatable bonds is 5. The SMILES string of the molecule is CC.CCSC1C=CC(c2ccc(C3CCC(c4c(F)cccc4F)=N3)cc2)=CN1. The molecule has 2 nitrogen and oxygen atoms in total. The Kier molecular flexibility index (Phi) is 7.86. The quantitative estimate of drug-likeness (QED) is 0.563. The lowest BCUT2D eigenvalue weighted by atomic mass is 9.99. The molecule has 158 valence electrons. The summed E-state index contributed by atoms with van der Waals surface area (Å²) < 4.78 is 28.1. The molecule has 2 aromatic carbocycles. The third kappa shape index (κ3) is 5.01. The van der Waals surface area contributed by atoms with E-state index >= 15 is 0 Å². The Bertz CT molecular complexity index is 928. The molecule has 0 aliphatic carbocycles. The second kappa shape index (κ2) is 10.6. The molecule has 2 aliphatic rings. The number of halogens is 2. The van der Waals surface area contributed by atoms with Gasteiger partial charge in [0.05, 0.1) is 17.0 Å². The minimum absolute atomic E-state index is 0.0182. The van der Waals surface area contributed by atoms with Crippen LogP contribution in [0, 0.1) is 11.6 Å². The third-order valence-electron chi connectivity index (χ3n) is 5.05. The standard InChI is InChI=1S/C23H22F2N2S.C2H6/c1-2-28-22-13-10-17(14-26-22)15-6-8-16(9-7-15)20-11-12-21(27-20)23-18(24)4-3-5-19(23)25;1-2/h3-10,13-14,20,22,26H,2,11-12H2,1H3;1-2H3. The maximum atomic E-state index is 14.0. The summed E-state index contributed by atoms with van der Waals surface area (Å²) in [6.07, 6.45) is 7.72. The molecular formula is C25H28F2N2S. The van der Waals surface area contributed by atoms with Crippen molar-refractivity contribution in [2.75, 3.05) is 5.75 Å². The van der Waals surface area contributed by atoms with Crippen LogP contribution in [0.5, 0.6) is 0 Å². The highest BCUT2D eigenvalue weighted by molar-refractivity contribution is 8.00. The summed E-state index contributed by atoms with van der Waals surface area (Å²) in [7, 11) is 0. The monoisotopic (exact) mass is 426 g/mol. The number of benzene rings is 2. The van der Waals surface area contributed by atoms with Gasteiger partial charge in [0.25, 0.3) is 0 Å². The molecule has 2 aromatic rings. The first-order valence-electron chi connectivity index (χ1n) is 10.5. The first-order valence-corrected chi connectivity index (χ1v) is 11.6. The number of thioether (sulfide) groups is 1. The fourth-order valence-electron chi connectivity index (χ4n) is 3.62. The van der Waals surface area contributed by atoms with Crippen LogP contribution >= 0.6 is 11.8 Å². The van der Waals surface area contributed by atoms with Gasteiger partial charge >= 0.3 is 0 Å². The lowest BCUT2D eigenvalue weighted by Crippen LogP contribution is -2.21. The lowest BCUT2D eigenvalue weighted by Gasteiger charge is -2.18. The van der Waals surface area contributed by atoms with Gasteiger partial charge < -0.3 is 5.32 Å². The van der Waals surface area contributed by atoms with Crippen LogP contribution in [0.15, 0.2) is 65.8 Å². The molecule has 0 bridgehead atoms. The summed E-state index contributed by atoms with van der Waals surface area (Å²) in [6.45, 7) is 6.15. The van der Waals surface area contributed by atoms with E-state index in [9.17, 15) is 8.78 Å². The van der Waals surface area contributed by atoms with E-state index in [-0.39, 0.29) is 11.6 Å². The molecule has 2 aliphatic heterocycles. The summed E-state index contributed by atoms with van der Waals surface area (Å²) in [6, 6.07) is 12.2. The number of aliphatic imine (C=N–C) groups is 1. The molecule has 1 N–H and O–H groups in total. The smallest absolute Gasteiger partial charge is 0.135 e. The predicted octanol–water partition coefficient (Wildman–Crippen LogP) is 6.89. The first-order chi connectivity index (χ1) is 14.7. The van der Waals surface area contributed by atoms with Crippen molar-refractivity contribution in [1.29, 1.82) is 0 Å². The molecule has 2 heterocycles.